The fraction of sp³-hybridized carbons (Fsp3) is 0.300. The van der Waals surface area contributed by atoms with E-state index >= 15 is 0 Å². The fourth-order valence-electron chi connectivity index (χ4n) is 1.31. The van der Waals surface area contributed by atoms with Gasteiger partial charge in [0.05, 0.1) is 29.3 Å². The molecule has 0 radical (unpaired) electrons. The van der Waals surface area contributed by atoms with Gasteiger partial charge in [-0.2, -0.15) is 0 Å². The second-order valence-corrected chi connectivity index (χ2v) is 3.63. The minimum atomic E-state index is -1.57. The molecule has 19 heavy (non-hydrogen) atoms. The summed E-state index contributed by atoms with van der Waals surface area (Å²) < 4.78 is 13.3. The Labute approximate surface area is 106 Å². The van der Waals surface area contributed by atoms with Crippen LogP contribution in [0.25, 0.3) is 0 Å². The van der Waals surface area contributed by atoms with Crippen LogP contribution in [0.5, 0.6) is 0 Å². The molecule has 4 N–H and O–H groups in total. The molecule has 0 spiro atoms. The Hall–Kier alpha value is -2.26. The average Bonchev–Trinajstić information content (AvgIpc) is 2.35. The van der Waals surface area contributed by atoms with Crippen molar-refractivity contribution in [1.82, 2.24) is 0 Å². The average molecular weight is 274 g/mol. The summed E-state index contributed by atoms with van der Waals surface area (Å²) in [5, 5.41) is 39.5. The first-order valence-electron chi connectivity index (χ1n) is 5.10. The van der Waals surface area contributed by atoms with Crippen molar-refractivity contribution in [2.24, 2.45) is 0 Å². The van der Waals surface area contributed by atoms with Crippen LogP contribution in [-0.4, -0.2) is 45.5 Å². The van der Waals surface area contributed by atoms with Gasteiger partial charge in [-0.3, -0.25) is 10.1 Å². The highest BCUT2D eigenvalue weighted by Gasteiger charge is 2.21. The van der Waals surface area contributed by atoms with E-state index in [0.717, 1.165) is 6.07 Å². The normalized spacial score (nSPS) is 11.9. The van der Waals surface area contributed by atoms with E-state index < -0.39 is 40.7 Å². The number of hydrogen-bond donors (Lipinski definition) is 4. The summed E-state index contributed by atoms with van der Waals surface area (Å²) in [7, 11) is 0. The second kappa shape index (κ2) is 6.07. The predicted molar refractivity (Wildman–Crippen MR) is 61.6 cm³/mol. The summed E-state index contributed by atoms with van der Waals surface area (Å²) in [6, 6.07) is 1.25. The molecule has 0 heterocycles. The maximum absolute atomic E-state index is 13.3. The molecule has 1 aromatic carbocycles. The Kier molecular flexibility index (Phi) is 4.73. The first kappa shape index (κ1) is 14.8. The number of rotatable bonds is 6. The summed E-state index contributed by atoms with van der Waals surface area (Å²) in [5.74, 6) is -2.80. The van der Waals surface area contributed by atoms with Crippen molar-refractivity contribution in [3.63, 3.8) is 0 Å². The molecular formula is C10H11FN2O6. The lowest BCUT2D eigenvalue weighted by Crippen LogP contribution is -2.23. The molecule has 8 nitrogen and oxygen atoms in total. The van der Waals surface area contributed by atoms with Gasteiger partial charge in [0.1, 0.15) is 11.5 Å². The standard InChI is InChI=1S/C10H11FN2O6/c11-7-2-9(13(18)19)8(1-6(7)10(16)17)12-3-5(15)4-14/h1-2,5,12,14-15H,3-4H2,(H,16,17). The summed E-state index contributed by atoms with van der Waals surface area (Å²) >= 11 is 0. The number of aliphatic hydroxyl groups excluding tert-OH is 2. The number of nitro benzene ring substituents is 1. The number of carboxylic acids is 1. The molecule has 9 heteroatoms. The molecule has 0 aliphatic heterocycles. The minimum Gasteiger partial charge on any atom is -0.478 e. The largest absolute Gasteiger partial charge is 0.478 e. The van der Waals surface area contributed by atoms with E-state index in [4.69, 9.17) is 15.3 Å². The van der Waals surface area contributed by atoms with Crippen LogP contribution in [0.15, 0.2) is 12.1 Å². The Morgan fingerprint density at radius 3 is 2.63 bits per heavy atom. The van der Waals surface area contributed by atoms with Crippen LogP contribution < -0.4 is 5.32 Å². The number of anilines is 1. The number of carboxylic acid groups (broad SMARTS) is 1. The van der Waals surface area contributed by atoms with Gasteiger partial charge >= 0.3 is 5.97 Å². The Morgan fingerprint density at radius 1 is 1.53 bits per heavy atom. The number of nitrogens with zero attached hydrogens (tertiary/aromatic N) is 1. The molecule has 1 rings (SSSR count). The number of nitrogens with one attached hydrogen (secondary N) is 1. The third-order valence-corrected chi connectivity index (χ3v) is 2.25. The molecule has 0 bridgehead atoms. The molecule has 0 saturated heterocycles. The highest BCUT2D eigenvalue weighted by Crippen LogP contribution is 2.27. The van der Waals surface area contributed by atoms with Gasteiger partial charge in [-0.05, 0) is 6.07 Å². The molecule has 1 atom stereocenters. The molecule has 1 aromatic rings. The number of aromatic carboxylic acids is 1. The second-order valence-electron chi connectivity index (χ2n) is 3.63. The van der Waals surface area contributed by atoms with E-state index in [2.05, 4.69) is 5.32 Å². The van der Waals surface area contributed by atoms with Gasteiger partial charge in [0.25, 0.3) is 5.69 Å². The van der Waals surface area contributed by atoms with Crippen molar-refractivity contribution in [3.05, 3.63) is 33.6 Å². The predicted octanol–water partition coefficient (Wildman–Crippen LogP) is 0.197. The first-order chi connectivity index (χ1) is 8.86. The third-order valence-electron chi connectivity index (χ3n) is 2.25. The van der Waals surface area contributed by atoms with E-state index in [1.54, 1.807) is 0 Å². The maximum atomic E-state index is 13.3. The number of halogens is 1. The highest BCUT2D eigenvalue weighted by atomic mass is 19.1. The Bertz CT molecular complexity index is 507. The van der Waals surface area contributed by atoms with E-state index in [-0.39, 0.29) is 12.2 Å². The van der Waals surface area contributed by atoms with Crippen LogP contribution in [0.2, 0.25) is 0 Å². The number of carbonyl (C=O) groups is 1. The van der Waals surface area contributed by atoms with Crippen LogP contribution in [0.4, 0.5) is 15.8 Å². The highest BCUT2D eigenvalue weighted by molar-refractivity contribution is 5.90. The lowest BCUT2D eigenvalue weighted by Gasteiger charge is -2.11. The monoisotopic (exact) mass is 274 g/mol. The number of benzene rings is 1. The van der Waals surface area contributed by atoms with Crippen molar-refractivity contribution in [2.45, 2.75) is 6.10 Å². The summed E-state index contributed by atoms with van der Waals surface area (Å²) in [6.45, 7) is -0.824. The van der Waals surface area contributed by atoms with Crippen LogP contribution in [-0.2, 0) is 0 Å². The number of nitro groups is 1. The SMILES string of the molecule is O=C(O)c1cc(NCC(O)CO)c([N+](=O)[O-])cc1F. The van der Waals surface area contributed by atoms with E-state index in [1.165, 1.54) is 0 Å². The van der Waals surface area contributed by atoms with Crippen molar-refractivity contribution in [3.8, 4) is 0 Å². The van der Waals surface area contributed by atoms with Crippen LogP contribution in [0.1, 0.15) is 10.4 Å². The zero-order chi connectivity index (χ0) is 14.6. The van der Waals surface area contributed by atoms with Gasteiger partial charge in [-0.15, -0.1) is 0 Å². The number of aliphatic hydroxyl groups is 2. The van der Waals surface area contributed by atoms with Crippen LogP contribution >= 0.6 is 0 Å². The minimum absolute atomic E-state index is 0.248. The number of hydrogen-bond acceptors (Lipinski definition) is 6. The Balaban J connectivity index is 3.14. The Morgan fingerprint density at radius 2 is 2.16 bits per heavy atom. The fourth-order valence-corrected chi connectivity index (χ4v) is 1.31. The van der Waals surface area contributed by atoms with Crippen molar-refractivity contribution >= 4 is 17.3 Å². The molecule has 0 aromatic heterocycles. The first-order valence-corrected chi connectivity index (χ1v) is 5.10. The van der Waals surface area contributed by atoms with Crippen molar-refractivity contribution in [1.29, 1.82) is 0 Å². The smallest absolute Gasteiger partial charge is 0.338 e. The van der Waals surface area contributed by atoms with E-state index in [0.29, 0.717) is 6.07 Å². The van der Waals surface area contributed by atoms with Gasteiger partial charge in [0.15, 0.2) is 0 Å². The van der Waals surface area contributed by atoms with Gasteiger partial charge in [-0.25, -0.2) is 9.18 Å². The molecule has 0 fully saturated rings. The lowest BCUT2D eigenvalue weighted by molar-refractivity contribution is -0.384. The molecular weight excluding hydrogens is 263 g/mol. The van der Waals surface area contributed by atoms with Crippen LogP contribution in [0.3, 0.4) is 0 Å². The van der Waals surface area contributed by atoms with Gasteiger partial charge in [0, 0.05) is 6.54 Å². The summed E-state index contributed by atoms with van der Waals surface area (Å²) in [4.78, 5) is 20.5. The molecule has 0 amide bonds. The quantitative estimate of drug-likeness (QED) is 0.430. The molecule has 0 saturated carbocycles. The molecule has 1 unspecified atom stereocenters. The lowest BCUT2D eigenvalue weighted by atomic mass is 10.1. The van der Waals surface area contributed by atoms with Crippen LogP contribution in [0, 0.1) is 15.9 Å². The van der Waals surface area contributed by atoms with E-state index in [1.807, 2.05) is 0 Å². The summed E-state index contributed by atoms with van der Waals surface area (Å²) in [5.41, 5.74) is -1.64. The molecule has 0 aliphatic carbocycles. The third kappa shape index (κ3) is 3.60. The van der Waals surface area contributed by atoms with E-state index in [9.17, 15) is 19.3 Å². The van der Waals surface area contributed by atoms with Crippen molar-refractivity contribution < 1.29 is 29.4 Å². The zero-order valence-electron chi connectivity index (χ0n) is 9.54. The van der Waals surface area contributed by atoms with Crippen molar-refractivity contribution in [2.75, 3.05) is 18.5 Å². The zero-order valence-corrected chi connectivity index (χ0v) is 9.54. The maximum Gasteiger partial charge on any atom is 0.338 e. The molecule has 104 valence electrons. The summed E-state index contributed by atoms with van der Waals surface area (Å²) in [6.07, 6.45) is -1.18. The topological polar surface area (TPSA) is 133 Å². The van der Waals surface area contributed by atoms with Gasteiger partial charge in [0.2, 0.25) is 0 Å². The van der Waals surface area contributed by atoms with Gasteiger partial charge < -0.3 is 20.6 Å². The molecule has 0 aliphatic rings. The van der Waals surface area contributed by atoms with Gasteiger partial charge in [-0.1, -0.05) is 0 Å².